The van der Waals surface area contributed by atoms with Gasteiger partial charge in [-0.2, -0.15) is 0 Å². The van der Waals surface area contributed by atoms with Gasteiger partial charge in [0.1, 0.15) is 5.75 Å². The van der Waals surface area contributed by atoms with E-state index in [-0.39, 0.29) is 11.2 Å². The Morgan fingerprint density at radius 1 is 1.27 bits per heavy atom. The molecule has 0 saturated heterocycles. The summed E-state index contributed by atoms with van der Waals surface area (Å²) in [7, 11) is 1.62. The van der Waals surface area contributed by atoms with Crippen LogP contribution >= 0.6 is 23.4 Å². The number of ether oxygens (including phenoxy) is 1. The van der Waals surface area contributed by atoms with Crippen LogP contribution in [0.4, 0.5) is 0 Å². The van der Waals surface area contributed by atoms with Crippen molar-refractivity contribution in [2.24, 2.45) is 0 Å². The van der Waals surface area contributed by atoms with Gasteiger partial charge in [-0.05, 0) is 36.8 Å². The number of carbonyl (C=O) groups excluding carboxylic acids is 1. The van der Waals surface area contributed by atoms with Crippen molar-refractivity contribution in [3.63, 3.8) is 0 Å². The van der Waals surface area contributed by atoms with E-state index in [0.29, 0.717) is 34.8 Å². The highest BCUT2D eigenvalue weighted by atomic mass is 35.5. The molecule has 1 aromatic heterocycles. The standard InChI is InChI=1S/C22H23ClN4O2S/c1-4-13-27-20(18-7-5-6-8-19(18)29-3)25-26-22(27)30-15(2)21(28)24-14-16-9-11-17(23)12-10-16/h4-12,15H,1,13-14H2,2-3H3,(H,24,28). The third kappa shape index (κ3) is 5.23. The Labute approximate surface area is 185 Å². The number of nitrogens with zero attached hydrogens (tertiary/aromatic N) is 3. The summed E-state index contributed by atoms with van der Waals surface area (Å²) in [5.41, 5.74) is 1.82. The van der Waals surface area contributed by atoms with Crippen LogP contribution in [-0.4, -0.2) is 33.0 Å². The van der Waals surface area contributed by atoms with Crippen molar-refractivity contribution in [3.8, 4) is 17.1 Å². The number of hydrogen-bond donors (Lipinski definition) is 1. The lowest BCUT2D eigenvalue weighted by atomic mass is 10.2. The second-order valence-electron chi connectivity index (χ2n) is 6.51. The first kappa shape index (κ1) is 21.9. The summed E-state index contributed by atoms with van der Waals surface area (Å²) in [6, 6.07) is 15.0. The van der Waals surface area contributed by atoms with E-state index in [2.05, 4.69) is 22.1 Å². The number of aromatic nitrogens is 3. The number of carbonyl (C=O) groups is 1. The number of thioether (sulfide) groups is 1. The Balaban J connectivity index is 1.73. The Bertz CT molecular complexity index is 1020. The number of benzene rings is 2. The highest BCUT2D eigenvalue weighted by molar-refractivity contribution is 8.00. The highest BCUT2D eigenvalue weighted by Gasteiger charge is 2.21. The molecular weight excluding hydrogens is 420 g/mol. The van der Waals surface area contributed by atoms with Gasteiger partial charge in [-0.1, -0.05) is 53.7 Å². The van der Waals surface area contributed by atoms with Crippen molar-refractivity contribution in [2.75, 3.05) is 7.11 Å². The molecule has 1 N–H and O–H groups in total. The van der Waals surface area contributed by atoms with Crippen molar-refractivity contribution in [3.05, 3.63) is 71.8 Å². The smallest absolute Gasteiger partial charge is 0.233 e. The fourth-order valence-electron chi connectivity index (χ4n) is 2.84. The molecule has 0 aliphatic rings. The zero-order valence-corrected chi connectivity index (χ0v) is 18.4. The Kier molecular flexibility index (Phi) is 7.54. The molecule has 0 spiro atoms. The lowest BCUT2D eigenvalue weighted by Gasteiger charge is -2.14. The first-order chi connectivity index (χ1) is 14.5. The largest absolute Gasteiger partial charge is 0.496 e. The maximum absolute atomic E-state index is 12.6. The second-order valence-corrected chi connectivity index (χ2v) is 8.25. The van der Waals surface area contributed by atoms with E-state index in [1.807, 2.05) is 47.9 Å². The maximum atomic E-state index is 12.6. The molecule has 0 bridgehead atoms. The number of methoxy groups -OCH3 is 1. The zero-order valence-electron chi connectivity index (χ0n) is 16.8. The predicted octanol–water partition coefficient (Wildman–Crippen LogP) is 4.59. The minimum absolute atomic E-state index is 0.0815. The van der Waals surface area contributed by atoms with Crippen molar-refractivity contribution in [1.82, 2.24) is 20.1 Å². The van der Waals surface area contributed by atoms with Gasteiger partial charge >= 0.3 is 0 Å². The number of rotatable bonds is 9. The molecule has 2 aromatic carbocycles. The predicted molar refractivity (Wildman–Crippen MR) is 121 cm³/mol. The molecule has 3 aromatic rings. The summed E-state index contributed by atoms with van der Waals surface area (Å²) in [5.74, 6) is 1.30. The van der Waals surface area contributed by atoms with E-state index in [1.54, 1.807) is 25.3 Å². The summed E-state index contributed by atoms with van der Waals surface area (Å²) < 4.78 is 7.39. The lowest BCUT2D eigenvalue weighted by molar-refractivity contribution is -0.120. The molecule has 30 heavy (non-hydrogen) atoms. The van der Waals surface area contributed by atoms with E-state index in [9.17, 15) is 4.79 Å². The first-order valence-electron chi connectivity index (χ1n) is 9.39. The molecule has 0 aliphatic carbocycles. The summed E-state index contributed by atoms with van der Waals surface area (Å²) in [6.45, 7) is 6.63. The van der Waals surface area contributed by atoms with Gasteiger partial charge in [0, 0.05) is 18.1 Å². The quantitative estimate of drug-likeness (QED) is 0.387. The third-order valence-electron chi connectivity index (χ3n) is 4.41. The average molecular weight is 443 g/mol. The van der Waals surface area contributed by atoms with Gasteiger partial charge in [0.15, 0.2) is 11.0 Å². The normalized spacial score (nSPS) is 11.7. The minimum Gasteiger partial charge on any atom is -0.496 e. The summed E-state index contributed by atoms with van der Waals surface area (Å²) in [6.07, 6.45) is 1.78. The van der Waals surface area contributed by atoms with Gasteiger partial charge in [-0.25, -0.2) is 0 Å². The fraction of sp³-hybridized carbons (Fsp3) is 0.227. The van der Waals surface area contributed by atoms with Crippen LogP contribution in [0.3, 0.4) is 0 Å². The zero-order chi connectivity index (χ0) is 21.5. The van der Waals surface area contributed by atoms with Crippen molar-refractivity contribution >= 4 is 29.3 Å². The van der Waals surface area contributed by atoms with Crippen molar-refractivity contribution < 1.29 is 9.53 Å². The third-order valence-corrected chi connectivity index (χ3v) is 5.74. The van der Waals surface area contributed by atoms with Crippen LogP contribution < -0.4 is 10.1 Å². The van der Waals surface area contributed by atoms with E-state index in [4.69, 9.17) is 16.3 Å². The molecule has 0 fully saturated rings. The molecule has 8 heteroatoms. The molecule has 1 amide bonds. The highest BCUT2D eigenvalue weighted by Crippen LogP contribution is 2.32. The van der Waals surface area contributed by atoms with Crippen LogP contribution in [0.2, 0.25) is 5.02 Å². The topological polar surface area (TPSA) is 69.0 Å². The van der Waals surface area contributed by atoms with Crippen LogP contribution in [0.1, 0.15) is 12.5 Å². The molecule has 0 aliphatic heterocycles. The molecule has 156 valence electrons. The summed E-state index contributed by atoms with van der Waals surface area (Å²) in [5, 5.41) is 12.6. The van der Waals surface area contributed by atoms with Crippen LogP contribution in [0.15, 0.2) is 66.3 Å². The van der Waals surface area contributed by atoms with Gasteiger partial charge in [-0.15, -0.1) is 16.8 Å². The van der Waals surface area contributed by atoms with Gasteiger partial charge < -0.3 is 10.1 Å². The van der Waals surface area contributed by atoms with Gasteiger partial charge in [-0.3, -0.25) is 9.36 Å². The molecule has 1 atom stereocenters. The van der Waals surface area contributed by atoms with Crippen LogP contribution in [0, 0.1) is 0 Å². The number of para-hydroxylation sites is 1. The molecule has 3 rings (SSSR count). The van der Waals surface area contributed by atoms with Gasteiger partial charge in [0.05, 0.1) is 17.9 Å². The van der Waals surface area contributed by atoms with Crippen molar-refractivity contribution in [2.45, 2.75) is 30.4 Å². The van der Waals surface area contributed by atoms with Crippen molar-refractivity contribution in [1.29, 1.82) is 0 Å². The Morgan fingerprint density at radius 3 is 2.70 bits per heavy atom. The molecular formula is C22H23ClN4O2S. The van der Waals surface area contributed by atoms with Gasteiger partial charge in [0.2, 0.25) is 5.91 Å². The van der Waals surface area contributed by atoms with Crippen LogP contribution in [-0.2, 0) is 17.9 Å². The number of hydrogen-bond acceptors (Lipinski definition) is 5. The van der Waals surface area contributed by atoms with E-state index in [1.165, 1.54) is 11.8 Å². The van der Waals surface area contributed by atoms with Crippen LogP contribution in [0.5, 0.6) is 5.75 Å². The van der Waals surface area contributed by atoms with E-state index in [0.717, 1.165) is 11.1 Å². The van der Waals surface area contributed by atoms with E-state index < -0.39 is 0 Å². The number of allylic oxidation sites excluding steroid dienone is 1. The SMILES string of the molecule is C=CCn1c(SC(C)C(=O)NCc2ccc(Cl)cc2)nnc1-c1ccccc1OC. The summed E-state index contributed by atoms with van der Waals surface area (Å²) in [4.78, 5) is 12.6. The number of nitrogens with one attached hydrogen (secondary N) is 1. The average Bonchev–Trinajstić information content (AvgIpc) is 3.15. The number of halogens is 1. The van der Waals surface area contributed by atoms with Crippen LogP contribution in [0.25, 0.3) is 11.4 Å². The van der Waals surface area contributed by atoms with E-state index >= 15 is 0 Å². The van der Waals surface area contributed by atoms with Gasteiger partial charge in [0.25, 0.3) is 0 Å². The molecule has 0 saturated carbocycles. The maximum Gasteiger partial charge on any atom is 0.233 e. The second kappa shape index (κ2) is 10.3. The Morgan fingerprint density at radius 2 is 2.00 bits per heavy atom. The number of amides is 1. The Hall–Kier alpha value is -2.77. The first-order valence-corrected chi connectivity index (χ1v) is 10.7. The minimum atomic E-state index is -0.351. The summed E-state index contributed by atoms with van der Waals surface area (Å²) >= 11 is 7.25. The fourth-order valence-corrected chi connectivity index (χ4v) is 3.85. The molecule has 6 nitrogen and oxygen atoms in total. The molecule has 1 unspecified atom stereocenters. The molecule has 0 radical (unpaired) electrons. The molecule has 1 heterocycles. The lowest BCUT2D eigenvalue weighted by Crippen LogP contribution is -2.30. The monoisotopic (exact) mass is 442 g/mol.